The monoisotopic (exact) mass is 376 g/mol. The van der Waals surface area contributed by atoms with Crippen molar-refractivity contribution in [2.75, 3.05) is 17.7 Å². The predicted octanol–water partition coefficient (Wildman–Crippen LogP) is 3.88. The molecule has 2 aromatic carbocycles. The van der Waals surface area contributed by atoms with Crippen LogP contribution in [0.1, 0.15) is 32.0 Å². The number of methoxy groups -OCH3 is 1. The molecular weight excluding hydrogens is 356 g/mol. The number of benzene rings is 2. The molecule has 0 fully saturated rings. The van der Waals surface area contributed by atoms with Crippen LogP contribution in [0.4, 0.5) is 17.2 Å². The number of amides is 1. The van der Waals surface area contributed by atoms with Crippen molar-refractivity contribution in [2.45, 2.75) is 13.8 Å². The van der Waals surface area contributed by atoms with E-state index in [-0.39, 0.29) is 11.6 Å². The van der Waals surface area contributed by atoms with E-state index in [0.29, 0.717) is 17.1 Å². The Morgan fingerprint density at radius 1 is 0.893 bits per heavy atom. The summed E-state index contributed by atoms with van der Waals surface area (Å²) in [6.07, 6.45) is 2.88. The number of carbonyl (C=O) groups excluding carboxylic acids is 2. The van der Waals surface area contributed by atoms with Gasteiger partial charge in [0.15, 0.2) is 0 Å². The second kappa shape index (κ2) is 8.30. The van der Waals surface area contributed by atoms with Gasteiger partial charge in [-0.2, -0.15) is 0 Å². The van der Waals surface area contributed by atoms with E-state index >= 15 is 0 Å². The summed E-state index contributed by atoms with van der Waals surface area (Å²) in [6.45, 7) is 4.00. The summed E-state index contributed by atoms with van der Waals surface area (Å²) in [6, 6.07) is 12.5. The van der Waals surface area contributed by atoms with Crippen LogP contribution >= 0.6 is 0 Å². The molecule has 0 saturated heterocycles. The van der Waals surface area contributed by atoms with Gasteiger partial charge in [-0.3, -0.25) is 4.79 Å². The van der Waals surface area contributed by atoms with Crippen molar-refractivity contribution >= 4 is 29.1 Å². The highest BCUT2D eigenvalue weighted by Gasteiger charge is 2.10. The molecule has 0 radical (unpaired) electrons. The van der Waals surface area contributed by atoms with Gasteiger partial charge in [0, 0.05) is 11.4 Å². The molecule has 1 amide bonds. The summed E-state index contributed by atoms with van der Waals surface area (Å²) in [5.74, 6) is -0.247. The maximum Gasteiger partial charge on any atom is 0.337 e. The van der Waals surface area contributed by atoms with Crippen molar-refractivity contribution in [1.82, 2.24) is 9.97 Å². The van der Waals surface area contributed by atoms with Crippen LogP contribution in [0.2, 0.25) is 0 Å². The lowest BCUT2D eigenvalue weighted by Gasteiger charge is -2.08. The summed E-state index contributed by atoms with van der Waals surface area (Å²) in [5, 5.41) is 5.87. The first-order chi connectivity index (χ1) is 13.5. The van der Waals surface area contributed by atoms with Gasteiger partial charge in [0.1, 0.15) is 11.5 Å². The molecule has 0 saturated carbocycles. The highest BCUT2D eigenvalue weighted by molar-refractivity contribution is 6.02. The largest absolute Gasteiger partial charge is 0.465 e. The van der Waals surface area contributed by atoms with Crippen LogP contribution in [0, 0.1) is 13.8 Å². The molecular formula is C21H20N4O3. The van der Waals surface area contributed by atoms with E-state index in [9.17, 15) is 9.59 Å². The fourth-order valence-electron chi connectivity index (χ4n) is 2.48. The fourth-order valence-corrected chi connectivity index (χ4v) is 2.48. The van der Waals surface area contributed by atoms with Crippen molar-refractivity contribution in [3.63, 3.8) is 0 Å². The smallest absolute Gasteiger partial charge is 0.337 e. The topological polar surface area (TPSA) is 93.2 Å². The first kappa shape index (κ1) is 19.0. The molecule has 28 heavy (non-hydrogen) atoms. The molecule has 0 unspecified atom stereocenters. The summed E-state index contributed by atoms with van der Waals surface area (Å²) in [4.78, 5) is 32.2. The van der Waals surface area contributed by atoms with Gasteiger partial charge in [-0.15, -0.1) is 0 Å². The van der Waals surface area contributed by atoms with Crippen molar-refractivity contribution in [3.8, 4) is 0 Å². The lowest BCUT2D eigenvalue weighted by Crippen LogP contribution is -2.14. The summed E-state index contributed by atoms with van der Waals surface area (Å²) >= 11 is 0. The van der Waals surface area contributed by atoms with Crippen LogP contribution < -0.4 is 10.6 Å². The number of ether oxygens (including phenoxy) is 1. The molecule has 3 rings (SSSR count). The number of aromatic nitrogens is 2. The highest BCUT2D eigenvalue weighted by atomic mass is 16.5. The molecule has 0 bridgehead atoms. The van der Waals surface area contributed by atoms with Crippen molar-refractivity contribution < 1.29 is 14.3 Å². The van der Waals surface area contributed by atoms with Gasteiger partial charge in [-0.05, 0) is 61.4 Å². The maximum atomic E-state index is 12.3. The van der Waals surface area contributed by atoms with Gasteiger partial charge < -0.3 is 15.4 Å². The van der Waals surface area contributed by atoms with Gasteiger partial charge in [0.25, 0.3) is 5.91 Å². The van der Waals surface area contributed by atoms with E-state index in [4.69, 9.17) is 0 Å². The third kappa shape index (κ3) is 4.50. The van der Waals surface area contributed by atoms with Crippen LogP contribution in [0.5, 0.6) is 0 Å². The number of rotatable bonds is 5. The Balaban J connectivity index is 1.64. The predicted molar refractivity (Wildman–Crippen MR) is 107 cm³/mol. The lowest BCUT2D eigenvalue weighted by molar-refractivity contribution is 0.0600. The minimum absolute atomic E-state index is 0.213. The zero-order chi connectivity index (χ0) is 20.1. The Morgan fingerprint density at radius 2 is 1.61 bits per heavy atom. The minimum Gasteiger partial charge on any atom is -0.465 e. The fraction of sp³-hybridized carbons (Fsp3) is 0.143. The molecule has 2 N–H and O–H groups in total. The highest BCUT2D eigenvalue weighted by Crippen LogP contribution is 2.17. The van der Waals surface area contributed by atoms with Crippen LogP contribution in [-0.2, 0) is 4.74 Å². The molecule has 1 heterocycles. The van der Waals surface area contributed by atoms with E-state index < -0.39 is 5.97 Å². The molecule has 1 aromatic heterocycles. The SMILES string of the molecule is COC(=O)c1ccc(Nc2cnc(C(=O)Nc3ccc(C)c(C)c3)cn2)cc1. The number of aryl methyl sites for hydroxylation is 2. The minimum atomic E-state index is -0.398. The van der Waals surface area contributed by atoms with Crippen molar-refractivity contribution in [3.05, 3.63) is 77.2 Å². The van der Waals surface area contributed by atoms with Crippen LogP contribution in [0.15, 0.2) is 54.9 Å². The molecule has 142 valence electrons. The number of nitrogens with one attached hydrogen (secondary N) is 2. The molecule has 7 heteroatoms. The molecule has 0 atom stereocenters. The maximum absolute atomic E-state index is 12.3. The van der Waals surface area contributed by atoms with Gasteiger partial charge in [0.05, 0.1) is 25.1 Å². The van der Waals surface area contributed by atoms with Crippen LogP contribution in [0.3, 0.4) is 0 Å². The van der Waals surface area contributed by atoms with E-state index in [0.717, 1.165) is 16.8 Å². The molecule has 0 aliphatic rings. The van der Waals surface area contributed by atoms with E-state index in [1.165, 1.54) is 19.5 Å². The van der Waals surface area contributed by atoms with Gasteiger partial charge in [-0.1, -0.05) is 6.07 Å². The number of carbonyl (C=O) groups is 2. The zero-order valence-electron chi connectivity index (χ0n) is 15.8. The standard InChI is InChI=1S/C21H20N4O3/c1-13-4-7-17(10-14(13)2)25-20(26)18-11-23-19(12-22-18)24-16-8-5-15(6-9-16)21(27)28-3/h4-12H,1-3H3,(H,23,24)(H,25,26). The quantitative estimate of drug-likeness (QED) is 0.657. The second-order valence-electron chi connectivity index (χ2n) is 6.23. The van der Waals surface area contributed by atoms with Crippen LogP contribution in [0.25, 0.3) is 0 Å². The summed E-state index contributed by atoms with van der Waals surface area (Å²) in [7, 11) is 1.34. The summed E-state index contributed by atoms with van der Waals surface area (Å²) < 4.78 is 4.67. The van der Waals surface area contributed by atoms with E-state index in [1.54, 1.807) is 24.3 Å². The Bertz CT molecular complexity index is 999. The third-order valence-corrected chi connectivity index (χ3v) is 4.23. The average molecular weight is 376 g/mol. The van der Waals surface area contributed by atoms with Gasteiger partial charge >= 0.3 is 5.97 Å². The first-order valence-corrected chi connectivity index (χ1v) is 8.62. The van der Waals surface area contributed by atoms with E-state index in [2.05, 4.69) is 25.3 Å². The molecule has 0 aliphatic heterocycles. The lowest BCUT2D eigenvalue weighted by atomic mass is 10.1. The Morgan fingerprint density at radius 3 is 2.21 bits per heavy atom. The number of esters is 1. The second-order valence-corrected chi connectivity index (χ2v) is 6.23. The average Bonchev–Trinajstić information content (AvgIpc) is 2.71. The van der Waals surface area contributed by atoms with E-state index in [1.807, 2.05) is 32.0 Å². The van der Waals surface area contributed by atoms with Crippen LogP contribution in [-0.4, -0.2) is 29.0 Å². The summed E-state index contributed by atoms with van der Waals surface area (Å²) in [5.41, 5.74) is 4.37. The van der Waals surface area contributed by atoms with Gasteiger partial charge in [-0.25, -0.2) is 14.8 Å². The Hall–Kier alpha value is -3.74. The number of nitrogens with zero attached hydrogens (tertiary/aromatic N) is 2. The van der Waals surface area contributed by atoms with Crippen molar-refractivity contribution in [2.24, 2.45) is 0 Å². The Kier molecular flexibility index (Phi) is 5.64. The number of hydrogen-bond donors (Lipinski definition) is 2. The zero-order valence-corrected chi connectivity index (χ0v) is 15.8. The van der Waals surface area contributed by atoms with Crippen molar-refractivity contribution in [1.29, 1.82) is 0 Å². The first-order valence-electron chi connectivity index (χ1n) is 8.62. The Labute approximate surface area is 162 Å². The van der Waals surface area contributed by atoms with Gasteiger partial charge in [0.2, 0.25) is 0 Å². The molecule has 0 aliphatic carbocycles. The number of hydrogen-bond acceptors (Lipinski definition) is 6. The number of anilines is 3. The third-order valence-electron chi connectivity index (χ3n) is 4.23. The normalized spacial score (nSPS) is 10.2. The molecule has 7 nitrogen and oxygen atoms in total. The molecule has 0 spiro atoms. The molecule has 3 aromatic rings.